The van der Waals surface area contributed by atoms with Crippen LogP contribution in [0.4, 0.5) is 8.78 Å². The molecule has 0 amide bonds. The third kappa shape index (κ3) is 4.11. The minimum Gasteiger partial charge on any atom is -0.298 e. The molecular weight excluding hydrogens is 278 g/mol. The van der Waals surface area contributed by atoms with E-state index in [1.807, 2.05) is 13.8 Å². The standard InChI is InChI=1S/C12H19BrF2O/c1-8(2)11(16)10(13)7-9-3-5-12(14,15)6-4-9/h8-10H,3-7H2,1-2H3. The molecular formula is C12H19BrF2O. The monoisotopic (exact) mass is 296 g/mol. The van der Waals surface area contributed by atoms with Crippen LogP contribution in [0.5, 0.6) is 0 Å². The van der Waals surface area contributed by atoms with Gasteiger partial charge in [-0.15, -0.1) is 0 Å². The lowest BCUT2D eigenvalue weighted by Gasteiger charge is -2.29. The minimum atomic E-state index is -2.47. The summed E-state index contributed by atoms with van der Waals surface area (Å²) in [5, 5.41) is 0. The molecule has 1 unspecified atom stereocenters. The molecule has 0 radical (unpaired) electrons. The maximum atomic E-state index is 12.9. The van der Waals surface area contributed by atoms with Gasteiger partial charge in [0.1, 0.15) is 5.78 Å². The highest BCUT2D eigenvalue weighted by molar-refractivity contribution is 9.10. The molecule has 0 N–H and O–H groups in total. The Balaban J connectivity index is 2.36. The van der Waals surface area contributed by atoms with Crippen LogP contribution in [0.15, 0.2) is 0 Å². The van der Waals surface area contributed by atoms with Crippen molar-refractivity contribution in [3.63, 3.8) is 0 Å². The van der Waals surface area contributed by atoms with E-state index in [1.165, 1.54) is 0 Å². The van der Waals surface area contributed by atoms with Crippen molar-refractivity contribution in [1.82, 2.24) is 0 Å². The van der Waals surface area contributed by atoms with Gasteiger partial charge >= 0.3 is 0 Å². The second-order valence-electron chi connectivity index (χ2n) is 5.06. The van der Waals surface area contributed by atoms with Gasteiger partial charge in [-0.3, -0.25) is 4.79 Å². The van der Waals surface area contributed by atoms with E-state index in [1.54, 1.807) is 0 Å². The molecule has 0 aliphatic heterocycles. The molecule has 0 bridgehead atoms. The fourth-order valence-corrected chi connectivity index (χ4v) is 3.16. The number of halogens is 3. The van der Waals surface area contributed by atoms with E-state index in [9.17, 15) is 13.6 Å². The van der Waals surface area contributed by atoms with Crippen LogP contribution in [-0.4, -0.2) is 16.5 Å². The first-order chi connectivity index (χ1) is 7.32. The summed E-state index contributed by atoms with van der Waals surface area (Å²) in [6.45, 7) is 3.73. The molecule has 1 saturated carbocycles. The maximum absolute atomic E-state index is 12.9. The molecule has 0 aromatic carbocycles. The van der Waals surface area contributed by atoms with Crippen LogP contribution in [0.1, 0.15) is 46.0 Å². The molecule has 16 heavy (non-hydrogen) atoms. The Labute approximate surface area is 104 Å². The largest absolute Gasteiger partial charge is 0.298 e. The third-order valence-electron chi connectivity index (χ3n) is 3.25. The quantitative estimate of drug-likeness (QED) is 0.711. The van der Waals surface area contributed by atoms with Gasteiger partial charge in [0.15, 0.2) is 0 Å². The second kappa shape index (κ2) is 5.56. The summed E-state index contributed by atoms with van der Waals surface area (Å²) < 4.78 is 25.8. The van der Waals surface area contributed by atoms with Gasteiger partial charge in [-0.2, -0.15) is 0 Å². The molecule has 1 aliphatic rings. The first-order valence-electron chi connectivity index (χ1n) is 5.87. The van der Waals surface area contributed by atoms with Gasteiger partial charge in [0, 0.05) is 18.8 Å². The highest BCUT2D eigenvalue weighted by Crippen LogP contribution is 2.38. The number of hydrogen-bond acceptors (Lipinski definition) is 1. The van der Waals surface area contributed by atoms with Crippen molar-refractivity contribution in [2.45, 2.75) is 56.7 Å². The first kappa shape index (κ1) is 14.1. The molecule has 0 heterocycles. The lowest BCUT2D eigenvalue weighted by molar-refractivity contribution is -0.121. The van der Waals surface area contributed by atoms with Crippen LogP contribution in [0.25, 0.3) is 0 Å². The second-order valence-corrected chi connectivity index (χ2v) is 6.16. The summed E-state index contributed by atoms with van der Waals surface area (Å²) in [5.74, 6) is -2.01. The molecule has 0 spiro atoms. The van der Waals surface area contributed by atoms with Gasteiger partial charge < -0.3 is 0 Å². The SMILES string of the molecule is CC(C)C(=O)C(Br)CC1CCC(F)(F)CC1. The molecule has 94 valence electrons. The summed E-state index contributed by atoms with van der Waals surface area (Å²) in [5.41, 5.74) is 0. The number of alkyl halides is 3. The smallest absolute Gasteiger partial charge is 0.248 e. The van der Waals surface area contributed by atoms with E-state index in [0.717, 1.165) is 0 Å². The van der Waals surface area contributed by atoms with E-state index >= 15 is 0 Å². The molecule has 0 aromatic heterocycles. The summed E-state index contributed by atoms with van der Waals surface area (Å²) in [6, 6.07) is 0. The van der Waals surface area contributed by atoms with Gasteiger partial charge in [0.05, 0.1) is 4.83 Å². The number of ketones is 1. The van der Waals surface area contributed by atoms with Gasteiger partial charge in [-0.1, -0.05) is 29.8 Å². The van der Waals surface area contributed by atoms with E-state index < -0.39 is 5.92 Å². The summed E-state index contributed by atoms with van der Waals surface area (Å²) >= 11 is 3.37. The van der Waals surface area contributed by atoms with Crippen LogP contribution in [0, 0.1) is 11.8 Å². The lowest BCUT2D eigenvalue weighted by Crippen LogP contribution is -2.28. The fraction of sp³-hybridized carbons (Fsp3) is 0.917. The van der Waals surface area contributed by atoms with Gasteiger partial charge in [0.2, 0.25) is 5.92 Å². The average molecular weight is 297 g/mol. The summed E-state index contributed by atoms with van der Waals surface area (Å²) in [6.07, 6.45) is 1.74. The van der Waals surface area contributed by atoms with E-state index in [4.69, 9.17) is 0 Å². The molecule has 4 heteroatoms. The molecule has 0 aromatic rings. The maximum Gasteiger partial charge on any atom is 0.248 e. The Kier molecular flexibility index (Phi) is 4.89. The Morgan fingerprint density at radius 3 is 2.31 bits per heavy atom. The van der Waals surface area contributed by atoms with Gasteiger partial charge in [-0.25, -0.2) is 8.78 Å². The zero-order chi connectivity index (χ0) is 12.3. The van der Waals surface area contributed by atoms with Gasteiger partial charge in [-0.05, 0) is 25.2 Å². The Bertz CT molecular complexity index is 243. The number of Topliss-reactive ketones (excluding diaryl/α,β-unsaturated/α-hetero) is 1. The van der Waals surface area contributed by atoms with E-state index in [-0.39, 0.29) is 35.3 Å². The van der Waals surface area contributed by atoms with Gasteiger partial charge in [0.25, 0.3) is 0 Å². The Morgan fingerprint density at radius 2 is 1.88 bits per heavy atom. The van der Waals surface area contributed by atoms with Crippen molar-refractivity contribution in [2.24, 2.45) is 11.8 Å². The summed E-state index contributed by atoms with van der Waals surface area (Å²) in [4.78, 5) is 11.5. The van der Waals surface area contributed by atoms with Crippen LogP contribution in [0.2, 0.25) is 0 Å². The zero-order valence-corrected chi connectivity index (χ0v) is 11.4. The third-order valence-corrected chi connectivity index (χ3v) is 4.08. The average Bonchev–Trinajstić information content (AvgIpc) is 2.19. The number of rotatable bonds is 4. The van der Waals surface area contributed by atoms with E-state index in [0.29, 0.717) is 19.3 Å². The van der Waals surface area contributed by atoms with Crippen LogP contribution in [0.3, 0.4) is 0 Å². The minimum absolute atomic E-state index is 0.00871. The summed E-state index contributed by atoms with van der Waals surface area (Å²) in [7, 11) is 0. The van der Waals surface area contributed by atoms with Crippen molar-refractivity contribution in [1.29, 1.82) is 0 Å². The lowest BCUT2D eigenvalue weighted by atomic mass is 9.83. The van der Waals surface area contributed by atoms with Crippen LogP contribution >= 0.6 is 15.9 Å². The first-order valence-corrected chi connectivity index (χ1v) is 6.79. The van der Waals surface area contributed by atoms with Crippen molar-refractivity contribution < 1.29 is 13.6 Å². The zero-order valence-electron chi connectivity index (χ0n) is 9.81. The number of hydrogen-bond donors (Lipinski definition) is 0. The predicted octanol–water partition coefficient (Wildman–Crippen LogP) is 4.19. The predicted molar refractivity (Wildman–Crippen MR) is 64.1 cm³/mol. The Hall–Kier alpha value is 0.01000. The van der Waals surface area contributed by atoms with Crippen molar-refractivity contribution in [3.8, 4) is 0 Å². The molecule has 1 rings (SSSR count). The molecule has 1 atom stereocenters. The fourth-order valence-electron chi connectivity index (χ4n) is 2.11. The van der Waals surface area contributed by atoms with Crippen molar-refractivity contribution in [2.75, 3.05) is 0 Å². The van der Waals surface area contributed by atoms with E-state index in [2.05, 4.69) is 15.9 Å². The highest BCUT2D eigenvalue weighted by atomic mass is 79.9. The Morgan fingerprint density at radius 1 is 1.38 bits per heavy atom. The highest BCUT2D eigenvalue weighted by Gasteiger charge is 2.36. The molecule has 1 aliphatic carbocycles. The normalized spacial score (nSPS) is 23.4. The van der Waals surface area contributed by atoms with Crippen molar-refractivity contribution in [3.05, 3.63) is 0 Å². The molecule has 1 fully saturated rings. The number of carbonyl (C=O) groups is 1. The molecule has 0 saturated heterocycles. The molecule has 1 nitrogen and oxygen atoms in total. The number of carbonyl (C=O) groups excluding carboxylic acids is 1. The van der Waals surface area contributed by atoms with Crippen LogP contribution in [-0.2, 0) is 4.79 Å². The van der Waals surface area contributed by atoms with Crippen LogP contribution < -0.4 is 0 Å². The topological polar surface area (TPSA) is 17.1 Å². The van der Waals surface area contributed by atoms with Crippen molar-refractivity contribution >= 4 is 21.7 Å².